The standard InChI is InChI=1S/C17H20N2O/c1-12-3-4-14(11-19-15-5-6-15)16(9-12)13-7-8-18-17(10-13)20-2/h3-4,7-10,15,19H,5-6,11H2,1-2H3. The molecule has 1 aliphatic rings. The van der Waals surface area contributed by atoms with Crippen LogP contribution in [0.5, 0.6) is 5.88 Å². The number of benzene rings is 1. The van der Waals surface area contributed by atoms with E-state index in [9.17, 15) is 0 Å². The zero-order valence-electron chi connectivity index (χ0n) is 12.0. The SMILES string of the molecule is COc1cc(-c2cc(C)ccc2CNC2CC2)ccn1. The maximum Gasteiger partial charge on any atom is 0.213 e. The lowest BCUT2D eigenvalue weighted by Crippen LogP contribution is -2.15. The number of methoxy groups -OCH3 is 1. The number of pyridine rings is 1. The van der Waals surface area contributed by atoms with Crippen LogP contribution in [0.15, 0.2) is 36.5 Å². The number of rotatable bonds is 5. The summed E-state index contributed by atoms with van der Waals surface area (Å²) in [5.41, 5.74) is 5.02. The Kier molecular flexibility index (Phi) is 3.70. The van der Waals surface area contributed by atoms with Crippen LogP contribution in [-0.4, -0.2) is 18.1 Å². The van der Waals surface area contributed by atoms with E-state index in [0.29, 0.717) is 5.88 Å². The summed E-state index contributed by atoms with van der Waals surface area (Å²) < 4.78 is 5.23. The molecule has 1 aromatic carbocycles. The van der Waals surface area contributed by atoms with Gasteiger partial charge in [0.15, 0.2) is 0 Å². The molecule has 0 amide bonds. The van der Waals surface area contributed by atoms with Crippen LogP contribution in [0.2, 0.25) is 0 Å². The minimum Gasteiger partial charge on any atom is -0.481 e. The lowest BCUT2D eigenvalue weighted by atomic mass is 9.98. The number of hydrogen-bond acceptors (Lipinski definition) is 3. The third-order valence-electron chi connectivity index (χ3n) is 3.68. The zero-order chi connectivity index (χ0) is 13.9. The molecule has 0 atom stereocenters. The second-order valence-corrected chi connectivity index (χ2v) is 5.40. The van der Waals surface area contributed by atoms with Gasteiger partial charge in [-0.15, -0.1) is 0 Å². The lowest BCUT2D eigenvalue weighted by Gasteiger charge is -2.12. The molecule has 1 N–H and O–H groups in total. The van der Waals surface area contributed by atoms with Gasteiger partial charge in [-0.05, 0) is 42.5 Å². The van der Waals surface area contributed by atoms with Gasteiger partial charge in [-0.25, -0.2) is 4.98 Å². The minimum atomic E-state index is 0.658. The van der Waals surface area contributed by atoms with Crippen LogP contribution in [0.25, 0.3) is 11.1 Å². The molecular weight excluding hydrogens is 248 g/mol. The van der Waals surface area contributed by atoms with Gasteiger partial charge in [-0.3, -0.25) is 0 Å². The van der Waals surface area contributed by atoms with Crippen molar-refractivity contribution in [2.75, 3.05) is 7.11 Å². The van der Waals surface area contributed by atoms with Crippen LogP contribution in [-0.2, 0) is 6.54 Å². The molecule has 2 aromatic rings. The highest BCUT2D eigenvalue weighted by Gasteiger charge is 2.20. The molecule has 1 fully saturated rings. The number of nitrogens with zero attached hydrogens (tertiary/aromatic N) is 1. The Morgan fingerprint density at radius 3 is 2.85 bits per heavy atom. The van der Waals surface area contributed by atoms with Gasteiger partial charge < -0.3 is 10.1 Å². The summed E-state index contributed by atoms with van der Waals surface area (Å²) >= 11 is 0. The topological polar surface area (TPSA) is 34.1 Å². The Balaban J connectivity index is 1.94. The average Bonchev–Trinajstić information content (AvgIpc) is 3.30. The van der Waals surface area contributed by atoms with Gasteiger partial charge in [0.1, 0.15) is 0 Å². The summed E-state index contributed by atoms with van der Waals surface area (Å²) in [6.07, 6.45) is 4.42. The normalized spacial score (nSPS) is 14.3. The molecule has 0 saturated heterocycles. The summed E-state index contributed by atoms with van der Waals surface area (Å²) in [4.78, 5) is 4.18. The molecule has 0 unspecified atom stereocenters. The third-order valence-corrected chi connectivity index (χ3v) is 3.68. The summed E-state index contributed by atoms with van der Waals surface area (Å²) in [7, 11) is 1.65. The summed E-state index contributed by atoms with van der Waals surface area (Å²) in [5, 5.41) is 3.58. The average molecular weight is 268 g/mol. The second-order valence-electron chi connectivity index (χ2n) is 5.40. The first kappa shape index (κ1) is 13.1. The van der Waals surface area contributed by atoms with Crippen LogP contribution in [0.3, 0.4) is 0 Å². The Morgan fingerprint density at radius 2 is 2.10 bits per heavy atom. The fraction of sp³-hybridized carbons (Fsp3) is 0.353. The van der Waals surface area contributed by atoms with E-state index in [4.69, 9.17) is 4.74 Å². The first-order valence-corrected chi connectivity index (χ1v) is 7.09. The smallest absolute Gasteiger partial charge is 0.213 e. The van der Waals surface area contributed by atoms with Crippen molar-refractivity contribution in [2.24, 2.45) is 0 Å². The molecule has 0 spiro atoms. The van der Waals surface area contributed by atoms with Crippen LogP contribution in [0, 0.1) is 6.92 Å². The van der Waals surface area contributed by atoms with Crippen molar-refractivity contribution in [1.82, 2.24) is 10.3 Å². The van der Waals surface area contributed by atoms with Crippen LogP contribution in [0.4, 0.5) is 0 Å². The monoisotopic (exact) mass is 268 g/mol. The van der Waals surface area contributed by atoms with E-state index in [-0.39, 0.29) is 0 Å². The molecule has 0 radical (unpaired) electrons. The molecule has 3 nitrogen and oxygen atoms in total. The largest absolute Gasteiger partial charge is 0.481 e. The molecule has 0 bridgehead atoms. The fourth-order valence-corrected chi connectivity index (χ4v) is 2.34. The summed E-state index contributed by atoms with van der Waals surface area (Å²) in [6.45, 7) is 3.05. The Labute approximate surface area is 120 Å². The Hall–Kier alpha value is -1.87. The van der Waals surface area contributed by atoms with E-state index in [0.717, 1.165) is 18.2 Å². The fourth-order valence-electron chi connectivity index (χ4n) is 2.34. The van der Waals surface area contributed by atoms with Crippen molar-refractivity contribution in [3.05, 3.63) is 47.7 Å². The first-order valence-electron chi connectivity index (χ1n) is 7.09. The quantitative estimate of drug-likeness (QED) is 0.903. The molecule has 1 aliphatic carbocycles. The zero-order valence-corrected chi connectivity index (χ0v) is 12.0. The predicted molar refractivity (Wildman–Crippen MR) is 80.8 cm³/mol. The molecule has 3 heteroatoms. The minimum absolute atomic E-state index is 0.658. The molecule has 104 valence electrons. The third kappa shape index (κ3) is 2.99. The maximum absolute atomic E-state index is 5.23. The van der Waals surface area contributed by atoms with Crippen molar-refractivity contribution in [3.8, 4) is 17.0 Å². The van der Waals surface area contributed by atoms with E-state index in [1.54, 1.807) is 13.3 Å². The van der Waals surface area contributed by atoms with Crippen LogP contribution < -0.4 is 10.1 Å². The second kappa shape index (κ2) is 5.63. The van der Waals surface area contributed by atoms with E-state index < -0.39 is 0 Å². The molecule has 1 saturated carbocycles. The van der Waals surface area contributed by atoms with E-state index in [1.165, 1.54) is 29.5 Å². The molecule has 3 rings (SSSR count). The van der Waals surface area contributed by atoms with Crippen molar-refractivity contribution < 1.29 is 4.74 Å². The number of ether oxygens (including phenoxy) is 1. The van der Waals surface area contributed by atoms with Gasteiger partial charge in [-0.2, -0.15) is 0 Å². The van der Waals surface area contributed by atoms with Crippen molar-refractivity contribution in [2.45, 2.75) is 32.4 Å². The van der Waals surface area contributed by atoms with Crippen LogP contribution >= 0.6 is 0 Å². The summed E-state index contributed by atoms with van der Waals surface area (Å²) in [5.74, 6) is 0.658. The van der Waals surface area contributed by atoms with Gasteiger partial charge in [-0.1, -0.05) is 23.8 Å². The van der Waals surface area contributed by atoms with E-state index >= 15 is 0 Å². The Bertz CT molecular complexity index is 606. The summed E-state index contributed by atoms with van der Waals surface area (Å²) in [6, 6.07) is 11.4. The van der Waals surface area contributed by atoms with Gasteiger partial charge in [0, 0.05) is 24.8 Å². The highest BCUT2D eigenvalue weighted by molar-refractivity contribution is 5.68. The molecule has 0 aliphatic heterocycles. The van der Waals surface area contributed by atoms with Crippen molar-refractivity contribution in [1.29, 1.82) is 0 Å². The van der Waals surface area contributed by atoms with Crippen LogP contribution in [0.1, 0.15) is 24.0 Å². The highest BCUT2D eigenvalue weighted by Crippen LogP contribution is 2.28. The molecule has 1 heterocycles. The van der Waals surface area contributed by atoms with E-state index in [1.807, 2.05) is 12.1 Å². The van der Waals surface area contributed by atoms with Crippen molar-refractivity contribution >= 4 is 0 Å². The van der Waals surface area contributed by atoms with E-state index in [2.05, 4.69) is 35.4 Å². The van der Waals surface area contributed by atoms with Crippen molar-refractivity contribution in [3.63, 3.8) is 0 Å². The highest BCUT2D eigenvalue weighted by atomic mass is 16.5. The number of hydrogen-bond donors (Lipinski definition) is 1. The number of nitrogens with one attached hydrogen (secondary N) is 1. The molecular formula is C17H20N2O. The van der Waals surface area contributed by atoms with Gasteiger partial charge in [0.2, 0.25) is 5.88 Å². The first-order chi connectivity index (χ1) is 9.76. The molecule has 1 aromatic heterocycles. The number of aromatic nitrogens is 1. The lowest BCUT2D eigenvalue weighted by molar-refractivity contribution is 0.398. The Morgan fingerprint density at radius 1 is 1.25 bits per heavy atom. The molecule has 20 heavy (non-hydrogen) atoms. The van der Waals surface area contributed by atoms with Gasteiger partial charge in [0.05, 0.1) is 7.11 Å². The predicted octanol–water partition coefficient (Wildman–Crippen LogP) is 3.32. The van der Waals surface area contributed by atoms with Gasteiger partial charge >= 0.3 is 0 Å². The van der Waals surface area contributed by atoms with Gasteiger partial charge in [0.25, 0.3) is 0 Å². The maximum atomic E-state index is 5.23. The number of aryl methyl sites for hydroxylation is 1.